The van der Waals surface area contributed by atoms with E-state index in [0.29, 0.717) is 17.1 Å². The maximum absolute atomic E-state index is 11.5. The number of ether oxygens (including phenoxy) is 1. The molecule has 0 spiro atoms. The van der Waals surface area contributed by atoms with E-state index in [1.165, 1.54) is 10.8 Å². The van der Waals surface area contributed by atoms with Gasteiger partial charge < -0.3 is 4.74 Å². The lowest BCUT2D eigenvalue weighted by atomic mass is 10.1. The highest BCUT2D eigenvalue weighted by molar-refractivity contribution is 9.10. The molecule has 2 rings (SSSR count). The van der Waals surface area contributed by atoms with E-state index in [-0.39, 0.29) is 11.2 Å². The zero-order valence-corrected chi connectivity index (χ0v) is 11.0. The molecule has 94 valence electrons. The van der Waals surface area contributed by atoms with Gasteiger partial charge in [0.25, 0.3) is 5.56 Å². The summed E-state index contributed by atoms with van der Waals surface area (Å²) in [4.78, 5) is 24.9. The van der Waals surface area contributed by atoms with Crippen molar-refractivity contribution >= 4 is 15.9 Å². The zero-order chi connectivity index (χ0) is 12.3. The van der Waals surface area contributed by atoms with Crippen LogP contribution in [-0.4, -0.2) is 22.3 Å². The molecule has 0 aromatic carbocycles. The second-order valence-corrected chi connectivity index (χ2v) is 5.06. The van der Waals surface area contributed by atoms with Crippen LogP contribution in [0.5, 0.6) is 0 Å². The fourth-order valence-electron chi connectivity index (χ4n) is 2.01. The van der Waals surface area contributed by atoms with Crippen LogP contribution in [0.2, 0.25) is 0 Å². The van der Waals surface area contributed by atoms with Gasteiger partial charge in [-0.15, -0.1) is 0 Å². The van der Waals surface area contributed by atoms with Crippen LogP contribution in [0.15, 0.2) is 20.3 Å². The van der Waals surface area contributed by atoms with E-state index in [2.05, 4.69) is 20.9 Å². The molecule has 1 aliphatic heterocycles. The lowest BCUT2D eigenvalue weighted by Crippen LogP contribution is -2.30. The Morgan fingerprint density at radius 2 is 2.35 bits per heavy atom. The maximum atomic E-state index is 11.5. The van der Waals surface area contributed by atoms with Crippen LogP contribution < -0.4 is 11.2 Å². The molecule has 1 aromatic rings. The van der Waals surface area contributed by atoms with Gasteiger partial charge in [-0.05, 0) is 41.6 Å². The number of nitrogens with zero attached hydrogens (tertiary/aromatic N) is 1. The minimum Gasteiger partial charge on any atom is -0.378 e. The Kier molecular flexibility index (Phi) is 4.17. The van der Waals surface area contributed by atoms with Gasteiger partial charge in [0.15, 0.2) is 0 Å². The highest BCUT2D eigenvalue weighted by Crippen LogP contribution is 2.16. The molecule has 0 aliphatic carbocycles. The normalized spacial score (nSPS) is 19.7. The lowest BCUT2D eigenvalue weighted by molar-refractivity contribution is 0.101. The van der Waals surface area contributed by atoms with E-state index in [1.807, 2.05) is 0 Å². The van der Waals surface area contributed by atoms with Gasteiger partial charge in [-0.2, -0.15) is 0 Å². The Labute approximate surface area is 107 Å². The largest absolute Gasteiger partial charge is 0.378 e. The second kappa shape index (κ2) is 5.64. The average molecular weight is 303 g/mol. The van der Waals surface area contributed by atoms with Crippen molar-refractivity contribution in [1.82, 2.24) is 9.55 Å². The van der Waals surface area contributed by atoms with E-state index < -0.39 is 0 Å². The standard InChI is InChI=1S/C11H15BrN2O3/c12-9-7-14(11(16)13-10(9)15)5-1-3-8-4-2-6-17-8/h7-8H,1-6H2,(H,13,15,16). The van der Waals surface area contributed by atoms with E-state index in [4.69, 9.17) is 4.74 Å². The van der Waals surface area contributed by atoms with Crippen molar-refractivity contribution in [3.8, 4) is 0 Å². The zero-order valence-electron chi connectivity index (χ0n) is 9.45. The van der Waals surface area contributed by atoms with Crippen molar-refractivity contribution in [1.29, 1.82) is 0 Å². The third kappa shape index (κ3) is 3.29. The molecule has 1 unspecified atom stereocenters. The Morgan fingerprint density at radius 1 is 1.53 bits per heavy atom. The quantitative estimate of drug-likeness (QED) is 0.910. The summed E-state index contributed by atoms with van der Waals surface area (Å²) in [5.41, 5.74) is -0.740. The smallest absolute Gasteiger partial charge is 0.328 e. The molecule has 0 bridgehead atoms. The molecule has 2 heterocycles. The van der Waals surface area contributed by atoms with Crippen LogP contribution in [0, 0.1) is 0 Å². The molecule has 1 saturated heterocycles. The molecular formula is C11H15BrN2O3. The van der Waals surface area contributed by atoms with Gasteiger partial charge in [0.05, 0.1) is 10.6 Å². The van der Waals surface area contributed by atoms with Gasteiger partial charge in [-0.1, -0.05) is 0 Å². The first-order valence-corrected chi connectivity index (χ1v) is 6.57. The first-order valence-electron chi connectivity index (χ1n) is 5.77. The number of hydrogen-bond acceptors (Lipinski definition) is 3. The fraction of sp³-hybridized carbons (Fsp3) is 0.636. The maximum Gasteiger partial charge on any atom is 0.328 e. The average Bonchev–Trinajstić information content (AvgIpc) is 2.78. The highest BCUT2D eigenvalue weighted by atomic mass is 79.9. The summed E-state index contributed by atoms with van der Waals surface area (Å²) < 4.78 is 7.41. The minimum atomic E-state index is -0.384. The Balaban J connectivity index is 1.92. The number of H-pyrrole nitrogens is 1. The van der Waals surface area contributed by atoms with Gasteiger partial charge in [0.2, 0.25) is 0 Å². The molecule has 1 N–H and O–H groups in total. The number of nitrogens with one attached hydrogen (secondary N) is 1. The van der Waals surface area contributed by atoms with E-state index in [9.17, 15) is 9.59 Å². The Hall–Kier alpha value is -0.880. The topological polar surface area (TPSA) is 64.1 Å². The van der Waals surface area contributed by atoms with Crippen molar-refractivity contribution in [2.45, 2.75) is 38.3 Å². The summed E-state index contributed by atoms with van der Waals surface area (Å²) in [6.45, 7) is 1.46. The molecule has 0 radical (unpaired) electrons. The first kappa shape index (κ1) is 12.6. The fourth-order valence-corrected chi connectivity index (χ4v) is 2.36. The molecule has 1 atom stereocenters. The summed E-state index contributed by atoms with van der Waals surface area (Å²) in [5.74, 6) is 0. The molecule has 5 nitrogen and oxygen atoms in total. The molecule has 0 saturated carbocycles. The van der Waals surface area contributed by atoms with Crippen LogP contribution in [0.3, 0.4) is 0 Å². The van der Waals surface area contributed by atoms with Crippen molar-refractivity contribution in [3.05, 3.63) is 31.5 Å². The van der Waals surface area contributed by atoms with Gasteiger partial charge in [0, 0.05) is 19.3 Å². The van der Waals surface area contributed by atoms with Crippen LogP contribution in [0.25, 0.3) is 0 Å². The summed E-state index contributed by atoms with van der Waals surface area (Å²) >= 11 is 3.11. The van der Waals surface area contributed by atoms with Crippen molar-refractivity contribution in [2.75, 3.05) is 6.61 Å². The van der Waals surface area contributed by atoms with Crippen LogP contribution in [0.4, 0.5) is 0 Å². The number of aromatic nitrogens is 2. The monoisotopic (exact) mass is 302 g/mol. The van der Waals surface area contributed by atoms with Crippen LogP contribution in [-0.2, 0) is 11.3 Å². The van der Waals surface area contributed by atoms with Crippen molar-refractivity contribution in [2.24, 2.45) is 0 Å². The Morgan fingerprint density at radius 3 is 3.06 bits per heavy atom. The third-order valence-corrected chi connectivity index (χ3v) is 3.48. The van der Waals surface area contributed by atoms with Crippen LogP contribution in [0.1, 0.15) is 25.7 Å². The number of halogens is 1. The number of aryl methyl sites for hydroxylation is 1. The first-order chi connectivity index (χ1) is 8.16. The molecule has 1 fully saturated rings. The van der Waals surface area contributed by atoms with Gasteiger partial charge in [-0.25, -0.2) is 4.79 Å². The SMILES string of the molecule is O=c1[nH]c(=O)n(CCCC2CCCO2)cc1Br. The number of rotatable bonds is 4. The Bertz CT molecular complexity index is 488. The van der Waals surface area contributed by atoms with E-state index in [1.54, 1.807) is 0 Å². The summed E-state index contributed by atoms with van der Waals surface area (Å²) in [6, 6.07) is 0. The van der Waals surface area contributed by atoms with Gasteiger partial charge >= 0.3 is 5.69 Å². The second-order valence-electron chi connectivity index (χ2n) is 4.21. The van der Waals surface area contributed by atoms with E-state index in [0.717, 1.165) is 32.3 Å². The molecule has 1 aromatic heterocycles. The number of hydrogen-bond donors (Lipinski definition) is 1. The van der Waals surface area contributed by atoms with Crippen molar-refractivity contribution < 1.29 is 4.74 Å². The molecule has 17 heavy (non-hydrogen) atoms. The summed E-state index contributed by atoms with van der Waals surface area (Å²) in [5, 5.41) is 0. The number of aromatic amines is 1. The predicted octanol–water partition coefficient (Wildman–Crippen LogP) is 1.26. The molecule has 1 aliphatic rings. The van der Waals surface area contributed by atoms with Crippen molar-refractivity contribution in [3.63, 3.8) is 0 Å². The van der Waals surface area contributed by atoms with Gasteiger partial charge in [-0.3, -0.25) is 14.3 Å². The minimum absolute atomic E-state index is 0.344. The van der Waals surface area contributed by atoms with Gasteiger partial charge in [0.1, 0.15) is 0 Å². The summed E-state index contributed by atoms with van der Waals surface area (Å²) in [7, 11) is 0. The van der Waals surface area contributed by atoms with Crippen LogP contribution >= 0.6 is 15.9 Å². The molecule has 6 heteroatoms. The third-order valence-electron chi connectivity index (χ3n) is 2.92. The molecule has 0 amide bonds. The lowest BCUT2D eigenvalue weighted by Gasteiger charge is -2.09. The summed E-state index contributed by atoms with van der Waals surface area (Å²) in [6.07, 6.45) is 5.97. The highest BCUT2D eigenvalue weighted by Gasteiger charge is 2.14. The van der Waals surface area contributed by atoms with E-state index >= 15 is 0 Å². The molecular weight excluding hydrogens is 288 g/mol. The predicted molar refractivity (Wildman–Crippen MR) is 67.2 cm³/mol.